The SMILES string of the molecule is C=CCN(CC=C)[S+](N(CC=C)CC=C)N(CC=C)CC=C.[C-]#N. The molecule has 4 nitrogen and oxygen atoms in total. The monoisotopic (exact) mass is 346 g/mol. The average molecular weight is 347 g/mol. The average Bonchev–Trinajstić information content (AvgIpc) is 2.58. The summed E-state index contributed by atoms with van der Waals surface area (Å²) in [5.74, 6) is 0. The number of hydrogen-bond acceptors (Lipinski definition) is 4. The van der Waals surface area contributed by atoms with Crippen LogP contribution in [0.5, 0.6) is 0 Å². The topological polar surface area (TPSA) is 33.5 Å². The van der Waals surface area contributed by atoms with Gasteiger partial charge in [-0.25, -0.2) is 0 Å². The normalized spacial score (nSPS) is 10.1. The number of hydrogen-bond donors (Lipinski definition) is 0. The van der Waals surface area contributed by atoms with Crippen molar-refractivity contribution in [2.45, 2.75) is 0 Å². The van der Waals surface area contributed by atoms with Gasteiger partial charge in [0.15, 0.2) is 0 Å². The van der Waals surface area contributed by atoms with Gasteiger partial charge in [-0.2, -0.15) is 0 Å². The van der Waals surface area contributed by atoms with E-state index in [1.54, 1.807) is 0 Å². The van der Waals surface area contributed by atoms with Crippen molar-refractivity contribution in [2.75, 3.05) is 39.3 Å². The van der Waals surface area contributed by atoms with Crippen molar-refractivity contribution in [3.8, 4) is 0 Å². The van der Waals surface area contributed by atoms with Gasteiger partial charge >= 0.3 is 0 Å². The van der Waals surface area contributed by atoms with Gasteiger partial charge in [0, 0.05) is 0 Å². The molecule has 0 saturated heterocycles. The molecule has 0 aliphatic heterocycles. The molecular formula is C19H30N4S. The van der Waals surface area contributed by atoms with Crippen molar-refractivity contribution < 1.29 is 0 Å². The van der Waals surface area contributed by atoms with Crippen LogP contribution in [0.15, 0.2) is 75.9 Å². The van der Waals surface area contributed by atoms with Crippen LogP contribution in [0, 0.1) is 11.8 Å². The fraction of sp³-hybridized carbons (Fsp3) is 0.316. The van der Waals surface area contributed by atoms with Crippen LogP contribution >= 0.6 is 0 Å². The molecule has 0 heterocycles. The molecule has 0 amide bonds. The van der Waals surface area contributed by atoms with Crippen LogP contribution in [0.3, 0.4) is 0 Å². The molecule has 0 aliphatic rings. The Morgan fingerprint density at radius 3 is 0.833 bits per heavy atom. The Morgan fingerprint density at radius 2 is 0.708 bits per heavy atom. The van der Waals surface area contributed by atoms with Gasteiger partial charge in [0.25, 0.3) is 11.5 Å². The molecule has 0 bridgehead atoms. The van der Waals surface area contributed by atoms with Gasteiger partial charge in [-0.3, -0.25) is 0 Å². The first-order valence-corrected chi connectivity index (χ1v) is 8.66. The summed E-state index contributed by atoms with van der Waals surface area (Å²) in [5.41, 5.74) is 0. The van der Waals surface area contributed by atoms with Crippen molar-refractivity contribution in [3.63, 3.8) is 0 Å². The fourth-order valence-corrected chi connectivity index (χ4v) is 4.39. The van der Waals surface area contributed by atoms with Crippen molar-refractivity contribution in [1.82, 2.24) is 12.9 Å². The standard InChI is InChI=1S/C18H30N3S.CN/c1-7-13-19(14-8-2)22(20(15-9-3)16-10-4)21(17-11-5)18-12-6;1-2/h7-12H,1-6,13-18H2;/q+1;-1. The van der Waals surface area contributed by atoms with Crippen molar-refractivity contribution in [1.29, 1.82) is 5.26 Å². The molecule has 5 heteroatoms. The Labute approximate surface area is 151 Å². The summed E-state index contributed by atoms with van der Waals surface area (Å²) in [6.45, 7) is 32.7. The Morgan fingerprint density at radius 1 is 0.542 bits per heavy atom. The maximum Gasteiger partial charge on any atom is 0.269 e. The molecule has 0 rings (SSSR count). The van der Waals surface area contributed by atoms with Crippen molar-refractivity contribution in [2.24, 2.45) is 0 Å². The van der Waals surface area contributed by atoms with Gasteiger partial charge in [-0.05, 0) is 0 Å². The summed E-state index contributed by atoms with van der Waals surface area (Å²) >= 11 is -0.265. The zero-order valence-corrected chi connectivity index (χ0v) is 15.5. The molecule has 0 fully saturated rings. The summed E-state index contributed by atoms with van der Waals surface area (Å²) in [6.07, 6.45) is 11.5. The van der Waals surface area contributed by atoms with Gasteiger partial charge in [0.1, 0.15) is 0 Å². The largest absolute Gasteiger partial charge is 0.512 e. The molecule has 0 unspecified atom stereocenters. The van der Waals surface area contributed by atoms with E-state index in [-0.39, 0.29) is 11.5 Å². The minimum Gasteiger partial charge on any atom is -0.512 e. The maximum absolute atomic E-state index is 6.25. The van der Waals surface area contributed by atoms with Crippen LogP contribution in [0.2, 0.25) is 0 Å². The van der Waals surface area contributed by atoms with E-state index in [2.05, 4.69) is 52.4 Å². The predicted molar refractivity (Wildman–Crippen MR) is 108 cm³/mol. The van der Waals surface area contributed by atoms with E-state index < -0.39 is 0 Å². The Bertz CT molecular complexity index is 330. The summed E-state index contributed by atoms with van der Waals surface area (Å²) in [4.78, 5) is 0. The predicted octanol–water partition coefficient (Wildman–Crippen LogP) is 3.47. The van der Waals surface area contributed by atoms with Gasteiger partial charge in [-0.15, -0.1) is 39.5 Å². The molecule has 24 heavy (non-hydrogen) atoms. The molecule has 0 atom stereocenters. The summed E-state index contributed by atoms with van der Waals surface area (Å²) in [7, 11) is 0. The number of nitrogens with zero attached hydrogens (tertiary/aromatic N) is 4. The molecule has 0 radical (unpaired) electrons. The molecule has 0 saturated carbocycles. The zero-order valence-electron chi connectivity index (χ0n) is 14.6. The Kier molecular flexibility index (Phi) is 17.8. The first-order chi connectivity index (χ1) is 11.7. The molecule has 0 N–H and O–H groups in total. The molecule has 0 aromatic rings. The highest BCUT2D eigenvalue weighted by Gasteiger charge is 2.40. The molecular weight excluding hydrogens is 316 g/mol. The maximum atomic E-state index is 6.25. The Balaban J connectivity index is 0. The van der Waals surface area contributed by atoms with Crippen LogP contribution < -0.4 is 0 Å². The van der Waals surface area contributed by atoms with Crippen LogP contribution in [-0.2, 0) is 11.5 Å². The molecule has 0 aliphatic carbocycles. The first-order valence-electron chi connectivity index (χ1n) is 7.57. The fourth-order valence-electron chi connectivity index (χ4n) is 1.98. The van der Waals surface area contributed by atoms with E-state index in [1.807, 2.05) is 36.5 Å². The second-order valence-corrected chi connectivity index (χ2v) is 6.56. The van der Waals surface area contributed by atoms with Crippen LogP contribution in [0.25, 0.3) is 0 Å². The molecule has 0 aromatic heterocycles. The van der Waals surface area contributed by atoms with Crippen LogP contribution in [-0.4, -0.2) is 52.2 Å². The minimum atomic E-state index is -0.265. The highest BCUT2D eigenvalue weighted by Crippen LogP contribution is 2.18. The minimum absolute atomic E-state index is 0.265. The first kappa shape index (κ1) is 24.4. The van der Waals surface area contributed by atoms with E-state index >= 15 is 0 Å². The van der Waals surface area contributed by atoms with E-state index in [1.165, 1.54) is 0 Å². The van der Waals surface area contributed by atoms with Gasteiger partial charge in [0.05, 0.1) is 39.3 Å². The third-order valence-corrected chi connectivity index (χ3v) is 4.97. The smallest absolute Gasteiger partial charge is 0.269 e. The van der Waals surface area contributed by atoms with E-state index in [0.29, 0.717) is 0 Å². The van der Waals surface area contributed by atoms with E-state index in [9.17, 15) is 0 Å². The van der Waals surface area contributed by atoms with Crippen LogP contribution in [0.1, 0.15) is 0 Å². The number of rotatable bonds is 15. The lowest BCUT2D eigenvalue weighted by atomic mass is 10.5. The highest BCUT2D eigenvalue weighted by atomic mass is 32.2. The summed E-state index contributed by atoms with van der Waals surface area (Å²) in [6, 6.07) is 0. The van der Waals surface area contributed by atoms with E-state index in [4.69, 9.17) is 11.8 Å². The second-order valence-electron chi connectivity index (χ2n) is 4.52. The van der Waals surface area contributed by atoms with Gasteiger partial charge in [-0.1, -0.05) is 49.4 Å². The molecule has 132 valence electrons. The summed E-state index contributed by atoms with van der Waals surface area (Å²) < 4.78 is 7.00. The third-order valence-electron chi connectivity index (χ3n) is 2.69. The third kappa shape index (κ3) is 9.33. The van der Waals surface area contributed by atoms with E-state index in [0.717, 1.165) is 39.3 Å². The lowest BCUT2D eigenvalue weighted by molar-refractivity contribution is 0.411. The summed E-state index contributed by atoms with van der Waals surface area (Å²) in [5, 5.41) is 6.25. The molecule has 0 aromatic carbocycles. The molecule has 0 spiro atoms. The van der Waals surface area contributed by atoms with Crippen molar-refractivity contribution >= 4 is 11.5 Å². The van der Waals surface area contributed by atoms with Crippen LogP contribution in [0.4, 0.5) is 0 Å². The van der Waals surface area contributed by atoms with Gasteiger partial charge in [0.2, 0.25) is 0 Å². The zero-order chi connectivity index (χ0) is 18.8. The lowest BCUT2D eigenvalue weighted by Gasteiger charge is -2.31. The lowest BCUT2D eigenvalue weighted by Crippen LogP contribution is -2.54. The Hall–Kier alpha value is -1.84. The van der Waals surface area contributed by atoms with Crippen molar-refractivity contribution in [3.05, 3.63) is 82.5 Å². The second kappa shape index (κ2) is 17.5. The van der Waals surface area contributed by atoms with Gasteiger partial charge < -0.3 is 11.8 Å². The quantitative estimate of drug-likeness (QED) is 0.258. The highest BCUT2D eigenvalue weighted by molar-refractivity contribution is 7.90.